The average Bonchev–Trinajstić information content (AvgIpc) is 2.66. The van der Waals surface area contributed by atoms with Gasteiger partial charge in [-0.3, -0.25) is 9.59 Å². The van der Waals surface area contributed by atoms with E-state index < -0.39 is 5.92 Å². The molecule has 0 bridgehead atoms. The maximum absolute atomic E-state index is 12.0. The molecule has 1 aliphatic heterocycles. The number of benzene rings is 1. The lowest BCUT2D eigenvalue weighted by Crippen LogP contribution is -2.20. The van der Waals surface area contributed by atoms with Gasteiger partial charge in [0.05, 0.1) is 12.5 Å². The summed E-state index contributed by atoms with van der Waals surface area (Å²) in [6.45, 7) is 1.82. The number of anilines is 1. The summed E-state index contributed by atoms with van der Waals surface area (Å²) in [5.41, 5.74) is 2.23. The van der Waals surface area contributed by atoms with Crippen molar-refractivity contribution in [1.29, 1.82) is 5.26 Å². The van der Waals surface area contributed by atoms with Crippen molar-refractivity contribution in [3.05, 3.63) is 29.3 Å². The van der Waals surface area contributed by atoms with Crippen molar-refractivity contribution >= 4 is 17.4 Å². The monoisotopic (exact) mass is 242 g/mol. The van der Waals surface area contributed by atoms with E-state index in [4.69, 9.17) is 5.26 Å². The predicted octanol–water partition coefficient (Wildman–Crippen LogP) is 1.94. The first-order chi connectivity index (χ1) is 8.58. The zero-order chi connectivity index (χ0) is 13.3. The van der Waals surface area contributed by atoms with Crippen LogP contribution in [0.2, 0.25) is 0 Å². The molecule has 1 aromatic rings. The van der Waals surface area contributed by atoms with Crippen molar-refractivity contribution in [1.82, 2.24) is 0 Å². The first kappa shape index (κ1) is 12.3. The average molecular weight is 242 g/mol. The normalized spacial score (nSPS) is 15.2. The number of nitriles is 1. The second-order valence-corrected chi connectivity index (χ2v) is 4.43. The van der Waals surface area contributed by atoms with Gasteiger partial charge in [-0.15, -0.1) is 0 Å². The largest absolute Gasteiger partial charge is 0.315 e. The van der Waals surface area contributed by atoms with Crippen LogP contribution < -0.4 is 4.90 Å². The molecule has 92 valence electrons. The Kier molecular flexibility index (Phi) is 3.15. The lowest BCUT2D eigenvalue weighted by atomic mass is 9.95. The Balaban J connectivity index is 2.35. The lowest BCUT2D eigenvalue weighted by molar-refractivity contribution is -0.117. The number of rotatable bonds is 3. The van der Waals surface area contributed by atoms with Crippen LogP contribution in [0.4, 0.5) is 5.69 Å². The molecule has 1 unspecified atom stereocenters. The van der Waals surface area contributed by atoms with Crippen LogP contribution in [0.5, 0.6) is 0 Å². The van der Waals surface area contributed by atoms with Gasteiger partial charge in [-0.05, 0) is 30.2 Å². The molecule has 18 heavy (non-hydrogen) atoms. The summed E-state index contributed by atoms with van der Waals surface area (Å²) in [4.78, 5) is 25.2. The zero-order valence-corrected chi connectivity index (χ0v) is 10.4. The topological polar surface area (TPSA) is 61.2 Å². The van der Waals surface area contributed by atoms with Gasteiger partial charge in [0.1, 0.15) is 5.92 Å². The van der Waals surface area contributed by atoms with Crippen molar-refractivity contribution in [2.45, 2.75) is 19.8 Å². The van der Waals surface area contributed by atoms with Crippen LogP contribution in [0.25, 0.3) is 0 Å². The number of likely N-dealkylation sites (N-methyl/N-ethyl adjacent to an activating group) is 1. The fourth-order valence-electron chi connectivity index (χ4n) is 2.16. The van der Waals surface area contributed by atoms with E-state index in [-0.39, 0.29) is 11.7 Å². The molecule has 0 saturated heterocycles. The molecular weight excluding hydrogens is 228 g/mol. The highest BCUT2D eigenvalue weighted by Gasteiger charge is 2.26. The number of ketones is 1. The molecule has 4 heteroatoms. The second kappa shape index (κ2) is 4.61. The van der Waals surface area contributed by atoms with Crippen LogP contribution in [0.3, 0.4) is 0 Å². The Morgan fingerprint density at radius 1 is 1.56 bits per heavy atom. The van der Waals surface area contributed by atoms with Crippen LogP contribution in [-0.4, -0.2) is 18.7 Å². The van der Waals surface area contributed by atoms with Gasteiger partial charge >= 0.3 is 0 Å². The van der Waals surface area contributed by atoms with Gasteiger partial charge in [-0.2, -0.15) is 5.26 Å². The number of carbonyl (C=O) groups excluding carboxylic acids is 2. The molecule has 1 atom stereocenters. The SMILES string of the molecule is CCC(C#N)C(=O)c1ccc2c(c1)CC(=O)N2C. The van der Waals surface area contributed by atoms with Gasteiger partial charge < -0.3 is 4.90 Å². The molecule has 0 spiro atoms. The van der Waals surface area contributed by atoms with Crippen LogP contribution in [0, 0.1) is 17.2 Å². The quantitative estimate of drug-likeness (QED) is 0.761. The number of fused-ring (bicyclic) bond motifs is 1. The highest BCUT2D eigenvalue weighted by molar-refractivity contribution is 6.04. The molecule has 0 fully saturated rings. The van der Waals surface area contributed by atoms with E-state index in [2.05, 4.69) is 0 Å². The van der Waals surface area contributed by atoms with Gasteiger partial charge in [0, 0.05) is 18.3 Å². The Morgan fingerprint density at radius 2 is 2.28 bits per heavy atom. The van der Waals surface area contributed by atoms with Gasteiger partial charge in [-0.1, -0.05) is 6.92 Å². The van der Waals surface area contributed by atoms with Crippen molar-refractivity contribution in [3.8, 4) is 6.07 Å². The molecule has 2 rings (SSSR count). The summed E-state index contributed by atoms with van der Waals surface area (Å²) in [5, 5.41) is 8.90. The lowest BCUT2D eigenvalue weighted by Gasteiger charge is -2.11. The first-order valence-corrected chi connectivity index (χ1v) is 5.91. The predicted molar refractivity (Wildman–Crippen MR) is 67.3 cm³/mol. The molecule has 0 N–H and O–H groups in total. The number of hydrogen-bond acceptors (Lipinski definition) is 3. The standard InChI is InChI=1S/C14H14N2O2/c1-3-9(8-15)14(18)10-4-5-12-11(6-10)7-13(17)16(12)2/h4-6,9H,3,7H2,1-2H3. The molecule has 1 aliphatic rings. The van der Waals surface area contributed by atoms with E-state index in [0.29, 0.717) is 18.4 Å². The summed E-state index contributed by atoms with van der Waals surface area (Å²) in [5.74, 6) is -0.732. The van der Waals surface area contributed by atoms with E-state index >= 15 is 0 Å². The Hall–Kier alpha value is -2.15. The number of carbonyl (C=O) groups is 2. The van der Waals surface area contributed by atoms with Crippen molar-refractivity contribution in [2.24, 2.45) is 5.92 Å². The fraction of sp³-hybridized carbons (Fsp3) is 0.357. The minimum atomic E-state index is -0.599. The van der Waals surface area contributed by atoms with E-state index in [1.807, 2.05) is 13.0 Å². The molecule has 0 radical (unpaired) electrons. The van der Waals surface area contributed by atoms with E-state index in [1.165, 1.54) is 0 Å². The summed E-state index contributed by atoms with van der Waals surface area (Å²) >= 11 is 0. The van der Waals surface area contributed by atoms with Gasteiger partial charge in [0.25, 0.3) is 0 Å². The number of Topliss-reactive ketones (excluding diaryl/α,β-unsaturated/α-hetero) is 1. The highest BCUT2D eigenvalue weighted by Crippen LogP contribution is 2.29. The Bertz CT molecular complexity index is 557. The minimum absolute atomic E-state index is 0.0296. The van der Waals surface area contributed by atoms with E-state index in [0.717, 1.165) is 11.3 Å². The first-order valence-electron chi connectivity index (χ1n) is 5.91. The molecule has 0 aromatic heterocycles. The summed E-state index contributed by atoms with van der Waals surface area (Å²) in [6, 6.07) is 7.21. The third-order valence-electron chi connectivity index (χ3n) is 3.32. The molecule has 0 aliphatic carbocycles. The van der Waals surface area contributed by atoms with Gasteiger partial charge in [-0.25, -0.2) is 0 Å². The van der Waals surface area contributed by atoms with Gasteiger partial charge in [0.15, 0.2) is 5.78 Å². The smallest absolute Gasteiger partial charge is 0.231 e. The van der Waals surface area contributed by atoms with Crippen LogP contribution in [0.15, 0.2) is 18.2 Å². The third kappa shape index (κ3) is 1.88. The summed E-state index contributed by atoms with van der Waals surface area (Å²) < 4.78 is 0. The maximum Gasteiger partial charge on any atom is 0.231 e. The fourth-order valence-corrected chi connectivity index (χ4v) is 2.16. The third-order valence-corrected chi connectivity index (χ3v) is 3.32. The zero-order valence-electron chi connectivity index (χ0n) is 10.4. The summed E-state index contributed by atoms with van der Waals surface area (Å²) in [7, 11) is 1.72. The Morgan fingerprint density at radius 3 is 2.89 bits per heavy atom. The van der Waals surface area contributed by atoms with Crippen LogP contribution in [0.1, 0.15) is 29.3 Å². The van der Waals surface area contributed by atoms with Crippen molar-refractivity contribution < 1.29 is 9.59 Å². The number of nitrogens with zero attached hydrogens (tertiary/aromatic N) is 2. The van der Waals surface area contributed by atoms with E-state index in [1.54, 1.807) is 30.1 Å². The van der Waals surface area contributed by atoms with Gasteiger partial charge in [0.2, 0.25) is 5.91 Å². The summed E-state index contributed by atoms with van der Waals surface area (Å²) in [6.07, 6.45) is 0.835. The van der Waals surface area contributed by atoms with Crippen molar-refractivity contribution in [3.63, 3.8) is 0 Å². The van der Waals surface area contributed by atoms with Crippen LogP contribution in [-0.2, 0) is 11.2 Å². The highest BCUT2D eigenvalue weighted by atomic mass is 16.2. The van der Waals surface area contributed by atoms with Crippen molar-refractivity contribution in [2.75, 3.05) is 11.9 Å². The molecule has 0 saturated carbocycles. The molecule has 1 amide bonds. The number of hydrogen-bond donors (Lipinski definition) is 0. The molecule has 4 nitrogen and oxygen atoms in total. The van der Waals surface area contributed by atoms with E-state index in [9.17, 15) is 9.59 Å². The number of amides is 1. The Labute approximate surface area is 106 Å². The minimum Gasteiger partial charge on any atom is -0.315 e. The van der Waals surface area contributed by atoms with Crippen LogP contribution >= 0.6 is 0 Å². The maximum atomic E-state index is 12.0. The molecule has 1 aromatic carbocycles. The molecule has 1 heterocycles. The second-order valence-electron chi connectivity index (χ2n) is 4.43. The molecular formula is C14H14N2O2.